The maximum absolute atomic E-state index is 13.5. The molecule has 1 N–H and O–H groups in total. The van der Waals surface area contributed by atoms with Gasteiger partial charge in [-0.1, -0.05) is 42.5 Å². The van der Waals surface area contributed by atoms with Gasteiger partial charge in [0.05, 0.1) is 12.7 Å². The van der Waals surface area contributed by atoms with Crippen molar-refractivity contribution in [2.45, 2.75) is 12.2 Å². The first-order valence-corrected chi connectivity index (χ1v) is 9.67. The van der Waals surface area contributed by atoms with E-state index in [4.69, 9.17) is 9.47 Å². The molecule has 29 heavy (non-hydrogen) atoms. The molecule has 1 fully saturated rings. The number of β-amino-alcohol motifs (C(OH)–C–C–N with tert-alkyl or cyclic N) is 1. The van der Waals surface area contributed by atoms with Crippen molar-refractivity contribution >= 4 is 10.8 Å². The van der Waals surface area contributed by atoms with Crippen molar-refractivity contribution < 1.29 is 23.4 Å². The van der Waals surface area contributed by atoms with E-state index in [-0.39, 0.29) is 12.7 Å². The van der Waals surface area contributed by atoms with Crippen molar-refractivity contribution in [2.24, 2.45) is 0 Å². The van der Waals surface area contributed by atoms with E-state index in [0.717, 1.165) is 22.6 Å². The highest BCUT2D eigenvalue weighted by Crippen LogP contribution is 2.26. The molecule has 2 atom stereocenters. The molecule has 0 aromatic heterocycles. The number of rotatable bonds is 6. The fourth-order valence-electron chi connectivity index (χ4n) is 3.64. The van der Waals surface area contributed by atoms with Gasteiger partial charge in [-0.2, -0.15) is 0 Å². The zero-order chi connectivity index (χ0) is 20.2. The van der Waals surface area contributed by atoms with Crippen molar-refractivity contribution in [1.29, 1.82) is 0 Å². The Kier molecular flexibility index (Phi) is 6.04. The molecule has 0 spiro atoms. The molecular weight excluding hydrogens is 376 g/mol. The summed E-state index contributed by atoms with van der Waals surface area (Å²) in [6.45, 7) is 2.19. The van der Waals surface area contributed by atoms with E-state index in [1.807, 2.05) is 47.4 Å². The van der Waals surface area contributed by atoms with Gasteiger partial charge < -0.3 is 14.6 Å². The van der Waals surface area contributed by atoms with Crippen LogP contribution in [0.25, 0.3) is 10.8 Å². The number of hydrogen-bond donors (Lipinski definition) is 1. The van der Waals surface area contributed by atoms with Crippen molar-refractivity contribution in [2.75, 3.05) is 32.8 Å². The molecule has 1 saturated heterocycles. The molecule has 4 rings (SSSR count). The van der Waals surface area contributed by atoms with E-state index in [1.165, 1.54) is 12.1 Å². The number of halogens is 2. The number of hydrogen-bond acceptors (Lipinski definition) is 4. The van der Waals surface area contributed by atoms with E-state index in [1.54, 1.807) is 0 Å². The van der Waals surface area contributed by atoms with Crippen LogP contribution in [0.2, 0.25) is 0 Å². The highest BCUT2D eigenvalue weighted by atomic mass is 19.2. The third-order valence-electron chi connectivity index (χ3n) is 5.12. The number of fused-ring (bicyclic) bond motifs is 1. The van der Waals surface area contributed by atoms with Crippen LogP contribution in [-0.4, -0.2) is 49.0 Å². The Labute approximate surface area is 168 Å². The van der Waals surface area contributed by atoms with Gasteiger partial charge in [0.2, 0.25) is 0 Å². The van der Waals surface area contributed by atoms with Crippen molar-refractivity contribution in [3.8, 4) is 5.75 Å². The first kappa shape index (κ1) is 19.8. The molecule has 3 aromatic rings. The van der Waals surface area contributed by atoms with E-state index < -0.39 is 17.7 Å². The first-order valence-electron chi connectivity index (χ1n) is 9.67. The van der Waals surface area contributed by atoms with Crippen LogP contribution in [0.15, 0.2) is 60.7 Å². The number of aliphatic hydroxyl groups excluding tert-OH is 1. The van der Waals surface area contributed by atoms with E-state index in [9.17, 15) is 13.9 Å². The normalized spacial score (nSPS) is 18.7. The van der Waals surface area contributed by atoms with Crippen LogP contribution in [0, 0.1) is 11.6 Å². The average molecular weight is 399 g/mol. The summed E-state index contributed by atoms with van der Waals surface area (Å²) in [6, 6.07) is 17.6. The monoisotopic (exact) mass is 399 g/mol. The third kappa shape index (κ3) is 4.72. The second-order valence-corrected chi connectivity index (χ2v) is 7.23. The fourth-order valence-corrected chi connectivity index (χ4v) is 3.64. The Morgan fingerprint density at radius 2 is 1.90 bits per heavy atom. The summed E-state index contributed by atoms with van der Waals surface area (Å²) >= 11 is 0. The van der Waals surface area contributed by atoms with Crippen molar-refractivity contribution in [3.05, 3.63) is 77.9 Å². The number of ether oxygens (including phenoxy) is 2. The Bertz CT molecular complexity index is 976. The Morgan fingerprint density at radius 3 is 2.76 bits per heavy atom. The lowest BCUT2D eigenvalue weighted by Gasteiger charge is -2.34. The predicted octanol–water partition coefficient (Wildman–Crippen LogP) is 3.93. The molecular formula is C23H23F2NO3. The van der Waals surface area contributed by atoms with E-state index >= 15 is 0 Å². The van der Waals surface area contributed by atoms with Crippen LogP contribution in [0.4, 0.5) is 8.78 Å². The van der Waals surface area contributed by atoms with Gasteiger partial charge in [-0.3, -0.25) is 4.90 Å². The average Bonchev–Trinajstić information content (AvgIpc) is 2.74. The van der Waals surface area contributed by atoms with Gasteiger partial charge in [-0.25, -0.2) is 8.78 Å². The summed E-state index contributed by atoms with van der Waals surface area (Å²) in [7, 11) is 0. The molecule has 3 aromatic carbocycles. The van der Waals surface area contributed by atoms with Crippen LogP contribution in [0.5, 0.6) is 5.75 Å². The van der Waals surface area contributed by atoms with Crippen LogP contribution in [-0.2, 0) is 4.74 Å². The van der Waals surface area contributed by atoms with Gasteiger partial charge in [-0.15, -0.1) is 0 Å². The minimum Gasteiger partial charge on any atom is -0.490 e. The molecule has 6 heteroatoms. The van der Waals surface area contributed by atoms with Gasteiger partial charge in [0.15, 0.2) is 11.6 Å². The smallest absolute Gasteiger partial charge is 0.159 e. The van der Waals surface area contributed by atoms with Gasteiger partial charge in [0, 0.05) is 25.0 Å². The van der Waals surface area contributed by atoms with Crippen LogP contribution >= 0.6 is 0 Å². The molecule has 0 aliphatic carbocycles. The molecule has 152 valence electrons. The topological polar surface area (TPSA) is 41.9 Å². The highest BCUT2D eigenvalue weighted by Gasteiger charge is 2.24. The van der Waals surface area contributed by atoms with Gasteiger partial charge >= 0.3 is 0 Å². The van der Waals surface area contributed by atoms with Crippen molar-refractivity contribution in [1.82, 2.24) is 4.90 Å². The fraction of sp³-hybridized carbons (Fsp3) is 0.304. The summed E-state index contributed by atoms with van der Waals surface area (Å²) < 4.78 is 38.2. The minimum atomic E-state index is -0.883. The first-order chi connectivity index (χ1) is 14.1. The van der Waals surface area contributed by atoms with Gasteiger partial charge in [0.1, 0.15) is 18.5 Å². The lowest BCUT2D eigenvalue weighted by Crippen LogP contribution is -2.43. The Hall–Kier alpha value is -2.54. The lowest BCUT2D eigenvalue weighted by molar-refractivity contribution is -0.0460. The molecule has 0 amide bonds. The predicted molar refractivity (Wildman–Crippen MR) is 107 cm³/mol. The lowest BCUT2D eigenvalue weighted by atomic mass is 10.1. The summed E-state index contributed by atoms with van der Waals surface area (Å²) in [6.07, 6.45) is -1.04. The second-order valence-electron chi connectivity index (χ2n) is 7.23. The largest absolute Gasteiger partial charge is 0.490 e. The summed E-state index contributed by atoms with van der Waals surface area (Å²) in [5.41, 5.74) is 0.593. The summed E-state index contributed by atoms with van der Waals surface area (Å²) in [4.78, 5) is 2.05. The SMILES string of the molecule is OC(COc1cccc2ccccc12)CN1CCOC(c2ccc(F)c(F)c2)C1. The molecule has 0 saturated carbocycles. The second kappa shape index (κ2) is 8.86. The highest BCUT2D eigenvalue weighted by molar-refractivity contribution is 5.88. The summed E-state index contributed by atoms with van der Waals surface area (Å²) in [5.74, 6) is -1.02. The zero-order valence-corrected chi connectivity index (χ0v) is 15.9. The van der Waals surface area contributed by atoms with Crippen molar-refractivity contribution in [3.63, 3.8) is 0 Å². The number of morpholine rings is 1. The number of benzene rings is 3. The number of aliphatic hydroxyl groups is 1. The molecule has 1 heterocycles. The van der Waals surface area contributed by atoms with Crippen LogP contribution in [0.3, 0.4) is 0 Å². The molecule has 2 unspecified atom stereocenters. The third-order valence-corrected chi connectivity index (χ3v) is 5.12. The maximum atomic E-state index is 13.5. The van der Waals surface area contributed by atoms with E-state index in [2.05, 4.69) is 0 Å². The molecule has 1 aliphatic heterocycles. The minimum absolute atomic E-state index is 0.168. The Morgan fingerprint density at radius 1 is 1.07 bits per heavy atom. The van der Waals surface area contributed by atoms with Gasteiger partial charge in [0.25, 0.3) is 0 Å². The zero-order valence-electron chi connectivity index (χ0n) is 15.9. The number of nitrogens with zero attached hydrogens (tertiary/aromatic N) is 1. The van der Waals surface area contributed by atoms with Gasteiger partial charge in [-0.05, 0) is 29.1 Å². The Balaban J connectivity index is 1.34. The van der Waals surface area contributed by atoms with Crippen LogP contribution < -0.4 is 4.74 Å². The van der Waals surface area contributed by atoms with Crippen LogP contribution in [0.1, 0.15) is 11.7 Å². The molecule has 1 aliphatic rings. The molecule has 0 bridgehead atoms. The molecule has 4 nitrogen and oxygen atoms in total. The maximum Gasteiger partial charge on any atom is 0.159 e. The standard InChI is InChI=1S/C23H23F2NO3/c24-20-9-8-17(12-21(20)25)23-14-26(10-11-28-23)13-18(27)15-29-22-7-3-5-16-4-1-2-6-19(16)22/h1-9,12,18,23,27H,10-11,13-15H2. The quantitative estimate of drug-likeness (QED) is 0.682. The molecule has 0 radical (unpaired) electrons. The van der Waals surface area contributed by atoms with E-state index in [0.29, 0.717) is 31.8 Å². The summed E-state index contributed by atoms with van der Waals surface area (Å²) in [5, 5.41) is 12.5.